The molecule has 0 unspecified atom stereocenters. The minimum atomic E-state index is -0.457. The summed E-state index contributed by atoms with van der Waals surface area (Å²) in [5, 5.41) is 0. The molecule has 2 aromatic carbocycles. The first-order valence-corrected chi connectivity index (χ1v) is 7.39. The molecule has 0 aromatic heterocycles. The van der Waals surface area contributed by atoms with Crippen molar-refractivity contribution in [1.29, 1.82) is 0 Å². The van der Waals surface area contributed by atoms with E-state index < -0.39 is 5.82 Å². The highest BCUT2D eigenvalue weighted by atomic mass is 32.2. The number of ether oxygens (including phenoxy) is 1. The van der Waals surface area contributed by atoms with E-state index in [1.807, 2.05) is 25.3 Å². The van der Waals surface area contributed by atoms with Gasteiger partial charge in [-0.15, -0.1) is 11.8 Å². The van der Waals surface area contributed by atoms with Crippen molar-refractivity contribution >= 4 is 17.5 Å². The predicted molar refractivity (Wildman–Crippen MR) is 79.2 cm³/mol. The molecule has 0 heterocycles. The highest BCUT2D eigenvalue weighted by molar-refractivity contribution is 7.98. The summed E-state index contributed by atoms with van der Waals surface area (Å²) in [4.78, 5) is 13.0. The van der Waals surface area contributed by atoms with Crippen LogP contribution in [0.15, 0.2) is 47.4 Å². The number of hydrogen-bond acceptors (Lipinski definition) is 3. The quantitative estimate of drug-likeness (QED) is 0.612. The van der Waals surface area contributed by atoms with E-state index in [0.717, 1.165) is 10.5 Å². The summed E-state index contributed by atoms with van der Waals surface area (Å²) in [6.45, 7) is 1.67. The Morgan fingerprint density at radius 1 is 1.20 bits per heavy atom. The van der Waals surface area contributed by atoms with Gasteiger partial charge in [0.15, 0.2) is 24.0 Å². The molecule has 0 aliphatic carbocycles. The molecule has 0 amide bonds. The lowest BCUT2D eigenvalue weighted by molar-refractivity contribution is 0.0918. The van der Waals surface area contributed by atoms with Crippen LogP contribution in [0, 0.1) is 12.7 Å². The number of carbonyl (C=O) groups is 1. The number of carbonyl (C=O) groups excluding carboxylic acids is 1. The number of aryl methyl sites for hydroxylation is 1. The van der Waals surface area contributed by atoms with Crippen LogP contribution in [0.3, 0.4) is 0 Å². The third-order valence-electron chi connectivity index (χ3n) is 2.86. The second kappa shape index (κ2) is 6.57. The van der Waals surface area contributed by atoms with Gasteiger partial charge in [-0.1, -0.05) is 18.2 Å². The standard InChI is InChI=1S/C16H15FO2S/c1-11-3-8-14(17)16(9-11)19-10-15(18)12-4-6-13(20-2)7-5-12/h3-9H,10H2,1-2H3. The SMILES string of the molecule is CSc1ccc(C(=O)COc2cc(C)ccc2F)cc1. The molecule has 0 fully saturated rings. The number of thioether (sulfide) groups is 1. The molecule has 0 bridgehead atoms. The molecule has 104 valence electrons. The third-order valence-corrected chi connectivity index (χ3v) is 3.60. The lowest BCUT2D eigenvalue weighted by Gasteiger charge is -2.07. The highest BCUT2D eigenvalue weighted by Crippen LogP contribution is 2.19. The van der Waals surface area contributed by atoms with Gasteiger partial charge in [0.2, 0.25) is 0 Å². The molecule has 0 spiro atoms. The zero-order chi connectivity index (χ0) is 14.5. The molecule has 0 saturated carbocycles. The van der Waals surface area contributed by atoms with Gasteiger partial charge in [-0.05, 0) is 43.0 Å². The number of Topliss-reactive ketones (excluding diaryl/α,β-unsaturated/α-hetero) is 1. The molecule has 0 radical (unpaired) electrons. The van der Waals surface area contributed by atoms with Crippen molar-refractivity contribution < 1.29 is 13.9 Å². The van der Waals surface area contributed by atoms with Gasteiger partial charge in [0.1, 0.15) is 0 Å². The fourth-order valence-electron chi connectivity index (χ4n) is 1.72. The molecule has 2 nitrogen and oxygen atoms in total. The molecule has 0 aliphatic rings. The summed E-state index contributed by atoms with van der Waals surface area (Å²) in [5.74, 6) is -0.515. The molecule has 0 N–H and O–H groups in total. The number of hydrogen-bond donors (Lipinski definition) is 0. The molecule has 0 atom stereocenters. The Morgan fingerprint density at radius 2 is 1.90 bits per heavy atom. The van der Waals surface area contributed by atoms with Crippen LogP contribution < -0.4 is 4.74 Å². The molecular formula is C16H15FO2S. The lowest BCUT2D eigenvalue weighted by atomic mass is 10.1. The maximum atomic E-state index is 13.5. The van der Waals surface area contributed by atoms with Crippen LogP contribution >= 0.6 is 11.8 Å². The van der Waals surface area contributed by atoms with Gasteiger partial charge in [-0.3, -0.25) is 4.79 Å². The van der Waals surface area contributed by atoms with E-state index in [4.69, 9.17) is 4.74 Å². The first-order valence-electron chi connectivity index (χ1n) is 6.16. The molecule has 0 saturated heterocycles. The van der Waals surface area contributed by atoms with E-state index in [1.165, 1.54) is 6.07 Å². The zero-order valence-corrected chi connectivity index (χ0v) is 12.2. The first-order chi connectivity index (χ1) is 9.60. The fraction of sp³-hybridized carbons (Fsp3) is 0.188. The van der Waals surface area contributed by atoms with Crippen LogP contribution in [0.25, 0.3) is 0 Å². The Bertz CT molecular complexity index is 608. The summed E-state index contributed by atoms with van der Waals surface area (Å²) >= 11 is 1.61. The first kappa shape index (κ1) is 14.6. The van der Waals surface area contributed by atoms with Crippen molar-refractivity contribution in [3.8, 4) is 5.75 Å². The van der Waals surface area contributed by atoms with E-state index in [1.54, 1.807) is 36.0 Å². The number of rotatable bonds is 5. The lowest BCUT2D eigenvalue weighted by Crippen LogP contribution is -2.12. The average Bonchev–Trinajstić information content (AvgIpc) is 2.48. The normalized spacial score (nSPS) is 10.3. The Hall–Kier alpha value is -1.81. The summed E-state index contributed by atoms with van der Waals surface area (Å²) < 4.78 is 18.7. The number of benzene rings is 2. The molecular weight excluding hydrogens is 275 g/mol. The van der Waals surface area contributed by atoms with Crippen molar-refractivity contribution in [2.45, 2.75) is 11.8 Å². The third kappa shape index (κ3) is 3.61. The summed E-state index contributed by atoms with van der Waals surface area (Å²) in [6, 6.07) is 11.8. The van der Waals surface area contributed by atoms with Crippen LogP contribution in [0.2, 0.25) is 0 Å². The monoisotopic (exact) mass is 290 g/mol. The van der Waals surface area contributed by atoms with Gasteiger partial charge in [0.05, 0.1) is 0 Å². The predicted octanol–water partition coefficient (Wildman–Crippen LogP) is 4.12. The Morgan fingerprint density at radius 3 is 2.55 bits per heavy atom. The molecule has 20 heavy (non-hydrogen) atoms. The largest absolute Gasteiger partial charge is 0.482 e. The summed E-state index contributed by atoms with van der Waals surface area (Å²) in [6.07, 6.45) is 1.97. The van der Waals surface area contributed by atoms with Crippen molar-refractivity contribution in [2.75, 3.05) is 12.9 Å². The van der Waals surface area contributed by atoms with Crippen LogP contribution in [0.4, 0.5) is 4.39 Å². The maximum Gasteiger partial charge on any atom is 0.200 e. The van der Waals surface area contributed by atoms with Gasteiger partial charge in [0, 0.05) is 10.5 Å². The van der Waals surface area contributed by atoms with Crippen LogP contribution in [0.1, 0.15) is 15.9 Å². The average molecular weight is 290 g/mol. The second-order valence-electron chi connectivity index (χ2n) is 4.37. The number of ketones is 1. The molecule has 2 rings (SSSR count). The van der Waals surface area contributed by atoms with Gasteiger partial charge >= 0.3 is 0 Å². The zero-order valence-electron chi connectivity index (χ0n) is 11.4. The van der Waals surface area contributed by atoms with E-state index in [-0.39, 0.29) is 18.1 Å². The van der Waals surface area contributed by atoms with Crippen LogP contribution in [-0.2, 0) is 0 Å². The van der Waals surface area contributed by atoms with Gasteiger partial charge in [-0.25, -0.2) is 4.39 Å². The van der Waals surface area contributed by atoms with Gasteiger partial charge < -0.3 is 4.74 Å². The van der Waals surface area contributed by atoms with Crippen molar-refractivity contribution in [1.82, 2.24) is 0 Å². The van der Waals surface area contributed by atoms with Crippen LogP contribution in [-0.4, -0.2) is 18.6 Å². The topological polar surface area (TPSA) is 26.3 Å². The molecule has 0 aliphatic heterocycles. The van der Waals surface area contributed by atoms with Gasteiger partial charge in [-0.2, -0.15) is 0 Å². The summed E-state index contributed by atoms with van der Waals surface area (Å²) in [7, 11) is 0. The van der Waals surface area contributed by atoms with Crippen molar-refractivity contribution in [3.05, 3.63) is 59.4 Å². The van der Waals surface area contributed by atoms with Crippen LogP contribution in [0.5, 0.6) is 5.75 Å². The van der Waals surface area contributed by atoms with E-state index in [9.17, 15) is 9.18 Å². The summed E-state index contributed by atoms with van der Waals surface area (Å²) in [5.41, 5.74) is 1.45. The van der Waals surface area contributed by atoms with E-state index in [2.05, 4.69) is 0 Å². The highest BCUT2D eigenvalue weighted by Gasteiger charge is 2.09. The smallest absolute Gasteiger partial charge is 0.200 e. The van der Waals surface area contributed by atoms with Gasteiger partial charge in [0.25, 0.3) is 0 Å². The second-order valence-corrected chi connectivity index (χ2v) is 5.25. The Balaban J connectivity index is 2.02. The van der Waals surface area contributed by atoms with E-state index >= 15 is 0 Å². The molecule has 4 heteroatoms. The minimum Gasteiger partial charge on any atom is -0.482 e. The molecule has 2 aromatic rings. The maximum absolute atomic E-state index is 13.5. The van der Waals surface area contributed by atoms with Crippen molar-refractivity contribution in [2.24, 2.45) is 0 Å². The van der Waals surface area contributed by atoms with Crippen molar-refractivity contribution in [3.63, 3.8) is 0 Å². The minimum absolute atomic E-state index is 0.110. The fourth-order valence-corrected chi connectivity index (χ4v) is 2.13. The Kier molecular flexibility index (Phi) is 4.79. The number of halogens is 1. The van der Waals surface area contributed by atoms with E-state index in [0.29, 0.717) is 5.56 Å². The Labute approximate surface area is 122 Å².